The average Bonchev–Trinajstić information content (AvgIpc) is 2.53. The lowest BCUT2D eigenvalue weighted by atomic mass is 10.1. The zero-order valence-corrected chi connectivity index (χ0v) is 12.0. The number of ether oxygens (including phenoxy) is 2. The van der Waals surface area contributed by atoms with Crippen molar-refractivity contribution >= 4 is 11.6 Å². The number of nitrogens with one attached hydrogen (secondary N) is 1. The fourth-order valence-corrected chi connectivity index (χ4v) is 2.22. The topological polar surface area (TPSA) is 71.4 Å². The highest BCUT2D eigenvalue weighted by atomic mass is 16.5. The highest BCUT2D eigenvalue weighted by Crippen LogP contribution is 2.12. The number of nitrogens with zero attached hydrogens (tertiary/aromatic N) is 1. The summed E-state index contributed by atoms with van der Waals surface area (Å²) in [6, 6.07) is 8.94. The summed E-state index contributed by atoms with van der Waals surface area (Å²) in [5, 5.41) is 11.6. The normalized spacial score (nSPS) is 15.4. The lowest BCUT2D eigenvalue weighted by Crippen LogP contribution is -2.24. The monoisotopic (exact) mass is 288 g/mol. The van der Waals surface area contributed by atoms with Gasteiger partial charge >= 0.3 is 0 Å². The molecule has 1 aromatic rings. The predicted molar refractivity (Wildman–Crippen MR) is 78.8 cm³/mol. The van der Waals surface area contributed by atoms with Gasteiger partial charge in [0.25, 0.3) is 0 Å². The van der Waals surface area contributed by atoms with Crippen LogP contribution >= 0.6 is 0 Å². The summed E-state index contributed by atoms with van der Waals surface area (Å²) in [5.41, 5.74) is 1.19. The molecule has 1 aliphatic rings. The van der Waals surface area contributed by atoms with E-state index in [0.29, 0.717) is 30.7 Å². The Morgan fingerprint density at radius 2 is 2.24 bits per heavy atom. The Labute approximate surface area is 124 Å². The zero-order valence-electron chi connectivity index (χ0n) is 12.0. The van der Waals surface area contributed by atoms with Crippen molar-refractivity contribution in [1.29, 1.82) is 5.26 Å². The largest absolute Gasteiger partial charge is 0.381 e. The number of anilines is 1. The molecule has 1 amide bonds. The van der Waals surface area contributed by atoms with E-state index in [9.17, 15) is 4.79 Å². The third-order valence-electron chi connectivity index (χ3n) is 3.35. The van der Waals surface area contributed by atoms with E-state index in [4.69, 9.17) is 14.7 Å². The summed E-state index contributed by atoms with van der Waals surface area (Å²) in [6.07, 6.45) is 3.26. The standard InChI is InChI=1S/C16H20N2O3/c17-12-13-3-1-4-14(11-13)18-16(19)5-2-8-21-15-6-9-20-10-7-15/h1,3-4,11,15H,2,5-10H2,(H,18,19). The molecule has 0 unspecified atom stereocenters. The van der Waals surface area contributed by atoms with Gasteiger partial charge in [-0.3, -0.25) is 4.79 Å². The Hall–Kier alpha value is -1.90. The van der Waals surface area contributed by atoms with Gasteiger partial charge < -0.3 is 14.8 Å². The van der Waals surface area contributed by atoms with Crippen molar-refractivity contribution in [3.05, 3.63) is 29.8 Å². The fourth-order valence-electron chi connectivity index (χ4n) is 2.22. The molecule has 1 fully saturated rings. The quantitative estimate of drug-likeness (QED) is 0.816. The molecule has 0 atom stereocenters. The number of carbonyl (C=O) groups is 1. The first kappa shape index (κ1) is 15.5. The van der Waals surface area contributed by atoms with Crippen molar-refractivity contribution in [2.24, 2.45) is 0 Å². The van der Waals surface area contributed by atoms with Crippen LogP contribution in [0.1, 0.15) is 31.2 Å². The van der Waals surface area contributed by atoms with Crippen molar-refractivity contribution in [3.63, 3.8) is 0 Å². The number of hydrogen-bond acceptors (Lipinski definition) is 4. The number of nitriles is 1. The molecule has 0 spiro atoms. The van der Waals surface area contributed by atoms with Gasteiger partial charge in [-0.1, -0.05) is 6.07 Å². The molecule has 5 heteroatoms. The molecule has 0 aliphatic carbocycles. The average molecular weight is 288 g/mol. The molecule has 112 valence electrons. The summed E-state index contributed by atoms with van der Waals surface area (Å²) in [4.78, 5) is 11.8. The second-order valence-electron chi connectivity index (χ2n) is 5.03. The minimum Gasteiger partial charge on any atom is -0.381 e. The van der Waals surface area contributed by atoms with Gasteiger partial charge in [0, 0.05) is 31.9 Å². The van der Waals surface area contributed by atoms with E-state index in [1.165, 1.54) is 0 Å². The van der Waals surface area contributed by atoms with Gasteiger partial charge in [0.05, 0.1) is 17.7 Å². The van der Waals surface area contributed by atoms with Crippen molar-refractivity contribution in [2.45, 2.75) is 31.8 Å². The molecule has 21 heavy (non-hydrogen) atoms. The summed E-state index contributed by atoms with van der Waals surface area (Å²) >= 11 is 0. The molecule has 0 aromatic heterocycles. The molecule has 0 saturated carbocycles. The van der Waals surface area contributed by atoms with Gasteiger partial charge in [0.15, 0.2) is 0 Å². The van der Waals surface area contributed by atoms with E-state index in [1.807, 2.05) is 6.07 Å². The van der Waals surface area contributed by atoms with Crippen LogP contribution in [0.25, 0.3) is 0 Å². The van der Waals surface area contributed by atoms with E-state index in [-0.39, 0.29) is 12.0 Å². The Morgan fingerprint density at radius 1 is 1.43 bits per heavy atom. The van der Waals surface area contributed by atoms with Crippen molar-refractivity contribution in [3.8, 4) is 6.07 Å². The maximum Gasteiger partial charge on any atom is 0.224 e. The first-order valence-corrected chi connectivity index (χ1v) is 7.27. The van der Waals surface area contributed by atoms with Crippen LogP contribution in [0.5, 0.6) is 0 Å². The van der Waals surface area contributed by atoms with Crippen LogP contribution in [0.3, 0.4) is 0 Å². The number of amides is 1. The summed E-state index contributed by atoms with van der Waals surface area (Å²) in [5.74, 6) is -0.0549. The van der Waals surface area contributed by atoms with Crippen LogP contribution in [-0.2, 0) is 14.3 Å². The maximum absolute atomic E-state index is 11.8. The zero-order chi connectivity index (χ0) is 14.9. The van der Waals surface area contributed by atoms with Gasteiger partial charge in [-0.2, -0.15) is 5.26 Å². The van der Waals surface area contributed by atoms with Crippen LogP contribution < -0.4 is 5.32 Å². The first-order valence-electron chi connectivity index (χ1n) is 7.27. The van der Waals surface area contributed by atoms with Crippen LogP contribution in [0.4, 0.5) is 5.69 Å². The van der Waals surface area contributed by atoms with Gasteiger partial charge in [0.1, 0.15) is 0 Å². The third-order valence-corrected chi connectivity index (χ3v) is 3.35. The molecule has 1 aliphatic heterocycles. The third kappa shape index (κ3) is 5.54. The molecular weight excluding hydrogens is 268 g/mol. The second kappa shape index (κ2) is 8.40. The van der Waals surface area contributed by atoms with Crippen LogP contribution in [0.2, 0.25) is 0 Å². The van der Waals surface area contributed by atoms with Crippen molar-refractivity contribution < 1.29 is 14.3 Å². The fraction of sp³-hybridized carbons (Fsp3) is 0.500. The molecular formula is C16H20N2O3. The highest BCUT2D eigenvalue weighted by Gasteiger charge is 2.13. The van der Waals surface area contributed by atoms with Crippen LogP contribution in [0.15, 0.2) is 24.3 Å². The molecule has 1 heterocycles. The molecule has 1 N–H and O–H groups in total. The van der Waals surface area contributed by atoms with Gasteiger partial charge in [-0.25, -0.2) is 0 Å². The highest BCUT2D eigenvalue weighted by molar-refractivity contribution is 5.90. The molecule has 0 radical (unpaired) electrons. The maximum atomic E-state index is 11.8. The Balaban J connectivity index is 1.64. The van der Waals surface area contributed by atoms with Gasteiger partial charge in [-0.05, 0) is 37.5 Å². The van der Waals surface area contributed by atoms with E-state index < -0.39 is 0 Å². The predicted octanol–water partition coefficient (Wildman–Crippen LogP) is 2.47. The van der Waals surface area contributed by atoms with Gasteiger partial charge in [0.2, 0.25) is 5.91 Å². The minimum atomic E-state index is -0.0549. The summed E-state index contributed by atoms with van der Waals surface area (Å²) in [7, 11) is 0. The number of rotatable bonds is 6. The molecule has 1 saturated heterocycles. The molecule has 5 nitrogen and oxygen atoms in total. The number of benzene rings is 1. The Kier molecular flexibility index (Phi) is 6.20. The smallest absolute Gasteiger partial charge is 0.224 e. The number of carbonyl (C=O) groups excluding carboxylic acids is 1. The van der Waals surface area contributed by atoms with E-state index >= 15 is 0 Å². The van der Waals surface area contributed by atoms with Crippen LogP contribution in [0, 0.1) is 11.3 Å². The van der Waals surface area contributed by atoms with E-state index in [1.54, 1.807) is 24.3 Å². The summed E-state index contributed by atoms with van der Waals surface area (Å²) in [6.45, 7) is 2.12. The minimum absolute atomic E-state index is 0.0549. The number of hydrogen-bond donors (Lipinski definition) is 1. The SMILES string of the molecule is N#Cc1cccc(NC(=O)CCCOC2CCOCC2)c1. The van der Waals surface area contributed by atoms with Crippen LogP contribution in [-0.4, -0.2) is 31.8 Å². The lowest BCUT2D eigenvalue weighted by molar-refractivity contribution is -0.116. The second-order valence-corrected chi connectivity index (χ2v) is 5.03. The molecule has 1 aromatic carbocycles. The van der Waals surface area contributed by atoms with E-state index in [2.05, 4.69) is 5.32 Å². The molecule has 0 bridgehead atoms. The van der Waals surface area contributed by atoms with Gasteiger partial charge in [-0.15, -0.1) is 0 Å². The lowest BCUT2D eigenvalue weighted by Gasteiger charge is -2.22. The Bertz CT molecular complexity index is 504. The van der Waals surface area contributed by atoms with Crippen molar-refractivity contribution in [2.75, 3.05) is 25.1 Å². The van der Waals surface area contributed by atoms with E-state index in [0.717, 1.165) is 26.1 Å². The summed E-state index contributed by atoms with van der Waals surface area (Å²) < 4.78 is 11.0. The first-order chi connectivity index (χ1) is 10.3. The van der Waals surface area contributed by atoms with Crippen molar-refractivity contribution in [1.82, 2.24) is 0 Å². The Morgan fingerprint density at radius 3 is 3.00 bits per heavy atom. The molecule has 2 rings (SSSR count).